The molecule has 0 aliphatic carbocycles. The molecule has 0 aliphatic heterocycles. The van der Waals surface area contributed by atoms with Gasteiger partial charge in [0.25, 0.3) is 0 Å². The van der Waals surface area contributed by atoms with Crippen LogP contribution in [0.15, 0.2) is 59.9 Å². The highest BCUT2D eigenvalue weighted by Crippen LogP contribution is 2.17. The first-order valence-corrected chi connectivity index (χ1v) is 8.47. The van der Waals surface area contributed by atoms with Crippen molar-refractivity contribution in [3.8, 4) is 0 Å². The first-order valence-electron chi connectivity index (χ1n) is 7.48. The van der Waals surface area contributed by atoms with Gasteiger partial charge in [-0.3, -0.25) is 9.20 Å². The van der Waals surface area contributed by atoms with E-state index in [1.165, 1.54) is 17.3 Å². The predicted molar refractivity (Wildman–Crippen MR) is 91.6 cm³/mol. The Morgan fingerprint density at radius 3 is 2.78 bits per heavy atom. The summed E-state index contributed by atoms with van der Waals surface area (Å²) >= 11 is 1.39. The van der Waals surface area contributed by atoms with Crippen molar-refractivity contribution in [1.29, 1.82) is 0 Å². The van der Waals surface area contributed by atoms with Gasteiger partial charge >= 0.3 is 0 Å². The fourth-order valence-corrected chi connectivity index (χ4v) is 3.02. The number of thioether (sulfide) groups is 1. The molecule has 0 radical (unpaired) electrons. The molecule has 3 aromatic rings. The monoisotopic (exact) mass is 326 g/mol. The lowest BCUT2D eigenvalue weighted by atomic mass is 10.0. The number of carbonyl (C=O) groups excluding carboxylic acids is 1. The second kappa shape index (κ2) is 7.28. The second-order valence-corrected chi connectivity index (χ2v) is 6.26. The van der Waals surface area contributed by atoms with E-state index in [-0.39, 0.29) is 5.91 Å². The van der Waals surface area contributed by atoms with Crippen LogP contribution in [0.1, 0.15) is 18.4 Å². The van der Waals surface area contributed by atoms with Crippen molar-refractivity contribution in [3.63, 3.8) is 0 Å². The van der Waals surface area contributed by atoms with Gasteiger partial charge in [-0.05, 0) is 23.6 Å². The molecule has 0 saturated carbocycles. The normalized spacial score (nSPS) is 12.2. The van der Waals surface area contributed by atoms with Crippen molar-refractivity contribution >= 4 is 23.3 Å². The molecule has 0 saturated heterocycles. The summed E-state index contributed by atoms with van der Waals surface area (Å²) in [4.78, 5) is 12.0. The minimum absolute atomic E-state index is 0.00506. The molecule has 2 aromatic heterocycles. The predicted octanol–water partition coefficient (Wildman–Crippen LogP) is 2.74. The number of rotatable bonds is 6. The Kier molecular flexibility index (Phi) is 4.92. The maximum atomic E-state index is 12.0. The molecule has 0 aliphatic rings. The summed E-state index contributed by atoms with van der Waals surface area (Å²) in [6.45, 7) is 2.73. The Labute approximate surface area is 139 Å². The van der Waals surface area contributed by atoms with Crippen LogP contribution in [0.5, 0.6) is 0 Å². The Morgan fingerprint density at radius 2 is 1.96 bits per heavy atom. The van der Waals surface area contributed by atoms with Gasteiger partial charge in [-0.1, -0.05) is 55.1 Å². The third kappa shape index (κ3) is 3.90. The first kappa shape index (κ1) is 15.6. The molecule has 0 spiro atoms. The minimum Gasteiger partial charge on any atom is -0.355 e. The third-order valence-corrected chi connectivity index (χ3v) is 4.53. The number of aromatic nitrogens is 3. The van der Waals surface area contributed by atoms with Gasteiger partial charge < -0.3 is 5.32 Å². The highest BCUT2D eigenvalue weighted by Gasteiger charge is 2.10. The zero-order valence-corrected chi connectivity index (χ0v) is 13.7. The highest BCUT2D eigenvalue weighted by atomic mass is 32.2. The zero-order valence-electron chi connectivity index (χ0n) is 12.8. The molecule has 2 heterocycles. The molecule has 1 atom stereocenters. The van der Waals surface area contributed by atoms with Crippen LogP contribution in [0.4, 0.5) is 0 Å². The lowest BCUT2D eigenvalue weighted by Gasteiger charge is -2.12. The number of nitrogens with one attached hydrogen (secondary N) is 1. The number of benzene rings is 1. The molecule has 0 bridgehead atoms. The zero-order chi connectivity index (χ0) is 16.1. The van der Waals surface area contributed by atoms with Gasteiger partial charge in [0.2, 0.25) is 5.91 Å². The van der Waals surface area contributed by atoms with Crippen molar-refractivity contribution in [2.75, 3.05) is 12.3 Å². The van der Waals surface area contributed by atoms with Crippen LogP contribution in [0, 0.1) is 0 Å². The van der Waals surface area contributed by atoms with Crippen LogP contribution >= 0.6 is 11.8 Å². The highest BCUT2D eigenvalue weighted by molar-refractivity contribution is 7.99. The number of pyridine rings is 1. The van der Waals surface area contributed by atoms with E-state index in [0.29, 0.717) is 18.2 Å². The number of hydrogen-bond acceptors (Lipinski definition) is 4. The van der Waals surface area contributed by atoms with Gasteiger partial charge in [-0.15, -0.1) is 10.2 Å². The average molecular weight is 326 g/mol. The molecule has 1 aromatic carbocycles. The average Bonchev–Trinajstić information content (AvgIpc) is 3.02. The lowest BCUT2D eigenvalue weighted by Crippen LogP contribution is -2.29. The van der Waals surface area contributed by atoms with E-state index >= 15 is 0 Å². The SMILES string of the molecule is C[C@@H](CNC(=O)CSc1nnc2ccccn12)c1ccccc1. The van der Waals surface area contributed by atoms with Gasteiger partial charge in [0.15, 0.2) is 10.8 Å². The van der Waals surface area contributed by atoms with Crippen LogP contribution in [-0.4, -0.2) is 32.8 Å². The molecule has 1 N–H and O–H groups in total. The second-order valence-electron chi connectivity index (χ2n) is 5.32. The molecule has 23 heavy (non-hydrogen) atoms. The largest absolute Gasteiger partial charge is 0.355 e. The smallest absolute Gasteiger partial charge is 0.230 e. The van der Waals surface area contributed by atoms with E-state index in [1.807, 2.05) is 47.0 Å². The molecular formula is C17H18N4OS. The standard InChI is InChI=1S/C17H18N4OS/c1-13(14-7-3-2-4-8-14)11-18-16(22)12-23-17-20-19-15-9-5-6-10-21(15)17/h2-10,13H,11-12H2,1H3,(H,18,22)/t13-/m0/s1. The fourth-order valence-electron chi connectivity index (χ4n) is 2.27. The Bertz CT molecular complexity index is 787. The van der Waals surface area contributed by atoms with E-state index in [2.05, 4.69) is 34.6 Å². The molecule has 1 amide bonds. The summed E-state index contributed by atoms with van der Waals surface area (Å²) in [6, 6.07) is 15.9. The number of nitrogens with zero attached hydrogens (tertiary/aromatic N) is 3. The van der Waals surface area contributed by atoms with Crippen molar-refractivity contribution in [2.45, 2.75) is 18.0 Å². The molecule has 0 fully saturated rings. The number of fused-ring (bicyclic) bond motifs is 1. The van der Waals surface area contributed by atoms with Gasteiger partial charge in [0.05, 0.1) is 5.75 Å². The van der Waals surface area contributed by atoms with Crippen molar-refractivity contribution in [3.05, 3.63) is 60.3 Å². The van der Waals surface area contributed by atoms with Gasteiger partial charge in [0, 0.05) is 12.7 Å². The molecule has 3 rings (SSSR count). The van der Waals surface area contributed by atoms with Crippen molar-refractivity contribution in [2.24, 2.45) is 0 Å². The van der Waals surface area contributed by atoms with Crippen LogP contribution in [0.2, 0.25) is 0 Å². The van der Waals surface area contributed by atoms with E-state index in [9.17, 15) is 4.79 Å². The van der Waals surface area contributed by atoms with E-state index < -0.39 is 0 Å². The van der Waals surface area contributed by atoms with Crippen LogP contribution in [-0.2, 0) is 4.79 Å². The Hall–Kier alpha value is -2.34. The van der Waals surface area contributed by atoms with Crippen LogP contribution in [0.25, 0.3) is 5.65 Å². The molecule has 5 nitrogen and oxygen atoms in total. The summed E-state index contributed by atoms with van der Waals surface area (Å²) < 4.78 is 1.88. The summed E-state index contributed by atoms with van der Waals surface area (Å²) in [5, 5.41) is 11.9. The summed E-state index contributed by atoms with van der Waals surface area (Å²) in [6.07, 6.45) is 1.90. The number of amides is 1. The molecule has 0 unspecified atom stereocenters. The third-order valence-electron chi connectivity index (χ3n) is 3.59. The summed E-state index contributed by atoms with van der Waals surface area (Å²) in [5.74, 6) is 0.626. The molecule has 118 valence electrons. The van der Waals surface area contributed by atoms with Gasteiger partial charge in [-0.25, -0.2) is 0 Å². The lowest BCUT2D eigenvalue weighted by molar-refractivity contribution is -0.118. The van der Waals surface area contributed by atoms with Gasteiger partial charge in [-0.2, -0.15) is 0 Å². The van der Waals surface area contributed by atoms with Crippen LogP contribution < -0.4 is 5.32 Å². The maximum Gasteiger partial charge on any atom is 0.230 e. The van der Waals surface area contributed by atoms with Gasteiger partial charge in [0.1, 0.15) is 0 Å². The quantitative estimate of drug-likeness (QED) is 0.708. The number of hydrogen-bond donors (Lipinski definition) is 1. The van der Waals surface area contributed by atoms with Crippen LogP contribution in [0.3, 0.4) is 0 Å². The Morgan fingerprint density at radius 1 is 1.17 bits per heavy atom. The molecular weight excluding hydrogens is 308 g/mol. The maximum absolute atomic E-state index is 12.0. The van der Waals surface area contributed by atoms with E-state index in [1.54, 1.807) is 0 Å². The first-order chi connectivity index (χ1) is 11.2. The number of carbonyl (C=O) groups is 1. The van der Waals surface area contributed by atoms with E-state index in [0.717, 1.165) is 10.8 Å². The van der Waals surface area contributed by atoms with Crippen molar-refractivity contribution in [1.82, 2.24) is 19.9 Å². The summed E-state index contributed by atoms with van der Waals surface area (Å²) in [7, 11) is 0. The van der Waals surface area contributed by atoms with Crippen molar-refractivity contribution < 1.29 is 4.79 Å². The van der Waals surface area contributed by atoms with E-state index in [4.69, 9.17) is 0 Å². The Balaban J connectivity index is 1.50. The summed E-state index contributed by atoms with van der Waals surface area (Å²) in [5.41, 5.74) is 2.01. The fraction of sp³-hybridized carbons (Fsp3) is 0.235. The minimum atomic E-state index is 0.00506. The molecule has 6 heteroatoms. The topological polar surface area (TPSA) is 59.3 Å².